The van der Waals surface area contributed by atoms with Crippen LogP contribution in [-0.4, -0.2) is 43.3 Å². The van der Waals surface area contributed by atoms with Gasteiger partial charge in [-0.3, -0.25) is 10.2 Å². The zero-order valence-corrected chi connectivity index (χ0v) is 9.75. The van der Waals surface area contributed by atoms with E-state index < -0.39 is 6.04 Å². The highest BCUT2D eigenvalue weighted by Crippen LogP contribution is 2.17. The maximum Gasteiger partial charge on any atom is 0.251 e. The summed E-state index contributed by atoms with van der Waals surface area (Å²) in [5.74, 6) is -0.121. The van der Waals surface area contributed by atoms with E-state index in [-0.39, 0.29) is 11.3 Å². The van der Waals surface area contributed by atoms with Crippen LogP contribution < -0.4 is 11.2 Å². The second-order valence-electron chi connectivity index (χ2n) is 4.92. The molecule has 1 heterocycles. The third kappa shape index (κ3) is 3.77. The predicted molar refractivity (Wildman–Crippen MR) is 58.0 cm³/mol. The van der Waals surface area contributed by atoms with E-state index in [0.717, 1.165) is 13.1 Å². The maximum absolute atomic E-state index is 11.7. The molecule has 5 nitrogen and oxygen atoms in total. The van der Waals surface area contributed by atoms with Gasteiger partial charge in [0, 0.05) is 13.1 Å². The van der Waals surface area contributed by atoms with E-state index >= 15 is 0 Å². The Bertz CT molecular complexity index is 219. The molecule has 0 aromatic rings. The number of nitrogens with one attached hydrogen (secondary N) is 1. The van der Waals surface area contributed by atoms with Gasteiger partial charge in [-0.15, -0.1) is 0 Å². The van der Waals surface area contributed by atoms with Gasteiger partial charge in [0.25, 0.3) is 5.91 Å². The fourth-order valence-corrected chi connectivity index (χ4v) is 1.29. The molecule has 0 aromatic heterocycles. The van der Waals surface area contributed by atoms with Gasteiger partial charge >= 0.3 is 0 Å². The molecule has 1 amide bonds. The molecule has 3 N–H and O–H groups in total. The summed E-state index contributed by atoms with van der Waals surface area (Å²) in [5.41, 5.74) is 8.44. The van der Waals surface area contributed by atoms with Gasteiger partial charge in [0.05, 0.1) is 19.3 Å². The number of morpholine rings is 1. The molecule has 0 bridgehead atoms. The molecule has 0 saturated carbocycles. The lowest BCUT2D eigenvalue weighted by Gasteiger charge is -2.31. The molecule has 0 aliphatic carbocycles. The van der Waals surface area contributed by atoms with Crippen LogP contribution in [0.1, 0.15) is 20.8 Å². The second-order valence-corrected chi connectivity index (χ2v) is 4.92. The lowest BCUT2D eigenvalue weighted by atomic mass is 9.87. The van der Waals surface area contributed by atoms with E-state index in [1.54, 1.807) is 0 Å². The first-order valence-electron chi connectivity index (χ1n) is 5.30. The smallest absolute Gasteiger partial charge is 0.251 e. The Balaban J connectivity index is 2.40. The van der Waals surface area contributed by atoms with Gasteiger partial charge in [0.1, 0.15) is 0 Å². The van der Waals surface area contributed by atoms with Crippen molar-refractivity contribution >= 4 is 5.91 Å². The van der Waals surface area contributed by atoms with Crippen molar-refractivity contribution in [1.29, 1.82) is 0 Å². The van der Waals surface area contributed by atoms with E-state index in [0.29, 0.717) is 13.2 Å². The molecule has 0 radical (unpaired) electrons. The molecule has 15 heavy (non-hydrogen) atoms. The molecule has 0 unspecified atom stereocenters. The van der Waals surface area contributed by atoms with Crippen LogP contribution in [0.25, 0.3) is 0 Å². The number of hydrogen-bond donors (Lipinski definition) is 2. The average Bonchev–Trinajstić information content (AvgIpc) is 2.16. The standard InChI is InChI=1S/C10H21N3O2/c1-10(2,3)8(11)9(14)12-13-4-6-15-7-5-13/h8H,4-7,11H2,1-3H3,(H,12,14)/t8-/m1/s1. The van der Waals surface area contributed by atoms with Crippen LogP contribution in [0.5, 0.6) is 0 Å². The number of hydrogen-bond acceptors (Lipinski definition) is 4. The topological polar surface area (TPSA) is 67.6 Å². The Morgan fingerprint density at radius 3 is 2.40 bits per heavy atom. The zero-order chi connectivity index (χ0) is 11.5. The second kappa shape index (κ2) is 4.92. The number of carbonyl (C=O) groups excluding carboxylic acids is 1. The van der Waals surface area contributed by atoms with Crippen molar-refractivity contribution in [3.05, 3.63) is 0 Å². The molecule has 1 rings (SSSR count). The Morgan fingerprint density at radius 1 is 1.40 bits per heavy atom. The van der Waals surface area contributed by atoms with Crippen molar-refractivity contribution in [2.75, 3.05) is 26.3 Å². The molecule has 88 valence electrons. The normalized spacial score (nSPS) is 21.1. The first kappa shape index (κ1) is 12.4. The maximum atomic E-state index is 11.7. The summed E-state index contributed by atoms with van der Waals surface area (Å²) in [7, 11) is 0. The summed E-state index contributed by atoms with van der Waals surface area (Å²) in [5, 5.41) is 1.86. The number of hydrazine groups is 1. The third-order valence-electron chi connectivity index (χ3n) is 2.49. The molecule has 1 atom stereocenters. The molecule has 5 heteroatoms. The van der Waals surface area contributed by atoms with Crippen molar-refractivity contribution in [2.45, 2.75) is 26.8 Å². The molecule has 0 spiro atoms. The van der Waals surface area contributed by atoms with Gasteiger partial charge in [-0.2, -0.15) is 0 Å². The Morgan fingerprint density at radius 2 is 1.93 bits per heavy atom. The molecule has 1 aliphatic rings. The monoisotopic (exact) mass is 215 g/mol. The van der Waals surface area contributed by atoms with Crippen molar-refractivity contribution in [3.63, 3.8) is 0 Å². The molecule has 1 aliphatic heterocycles. The first-order chi connectivity index (χ1) is 6.91. The van der Waals surface area contributed by atoms with E-state index in [9.17, 15) is 4.79 Å². The van der Waals surface area contributed by atoms with Crippen LogP contribution in [-0.2, 0) is 9.53 Å². The lowest BCUT2D eigenvalue weighted by Crippen LogP contribution is -2.56. The Labute approximate surface area is 90.9 Å². The molecule has 1 saturated heterocycles. The van der Waals surface area contributed by atoms with Crippen molar-refractivity contribution in [1.82, 2.24) is 10.4 Å². The summed E-state index contributed by atoms with van der Waals surface area (Å²) in [4.78, 5) is 11.7. The number of rotatable bonds is 2. The summed E-state index contributed by atoms with van der Waals surface area (Å²) < 4.78 is 5.18. The van der Waals surface area contributed by atoms with Crippen LogP contribution in [0.2, 0.25) is 0 Å². The summed E-state index contributed by atoms with van der Waals surface area (Å²) in [6.45, 7) is 8.63. The minimum absolute atomic E-state index is 0.121. The van der Waals surface area contributed by atoms with Gasteiger partial charge < -0.3 is 10.5 Å². The first-order valence-corrected chi connectivity index (χ1v) is 5.30. The van der Waals surface area contributed by atoms with Crippen molar-refractivity contribution < 1.29 is 9.53 Å². The van der Waals surface area contributed by atoms with E-state index in [1.807, 2.05) is 25.8 Å². The van der Waals surface area contributed by atoms with Gasteiger partial charge in [-0.1, -0.05) is 20.8 Å². The van der Waals surface area contributed by atoms with Crippen LogP contribution in [0.4, 0.5) is 0 Å². The zero-order valence-electron chi connectivity index (χ0n) is 9.75. The third-order valence-corrected chi connectivity index (χ3v) is 2.49. The van der Waals surface area contributed by atoms with Crippen LogP contribution in [0.15, 0.2) is 0 Å². The van der Waals surface area contributed by atoms with Crippen LogP contribution in [0.3, 0.4) is 0 Å². The number of ether oxygens (including phenoxy) is 1. The summed E-state index contributed by atoms with van der Waals surface area (Å²) in [6, 6.07) is -0.486. The molecular formula is C10H21N3O2. The molecular weight excluding hydrogens is 194 g/mol. The summed E-state index contributed by atoms with van der Waals surface area (Å²) >= 11 is 0. The van der Waals surface area contributed by atoms with E-state index in [4.69, 9.17) is 10.5 Å². The highest BCUT2D eigenvalue weighted by atomic mass is 16.5. The SMILES string of the molecule is CC(C)(C)[C@H](N)C(=O)NN1CCOCC1. The van der Waals surface area contributed by atoms with Gasteiger partial charge in [0.2, 0.25) is 0 Å². The predicted octanol–water partition coefficient (Wildman–Crippen LogP) is -0.277. The van der Waals surface area contributed by atoms with E-state index in [2.05, 4.69) is 5.43 Å². The van der Waals surface area contributed by atoms with Gasteiger partial charge in [-0.25, -0.2) is 5.01 Å². The number of nitrogens with two attached hydrogens (primary N) is 1. The van der Waals surface area contributed by atoms with Crippen molar-refractivity contribution in [2.24, 2.45) is 11.1 Å². The van der Waals surface area contributed by atoms with Crippen LogP contribution >= 0.6 is 0 Å². The fourth-order valence-electron chi connectivity index (χ4n) is 1.29. The van der Waals surface area contributed by atoms with E-state index in [1.165, 1.54) is 0 Å². The quantitative estimate of drug-likeness (QED) is 0.665. The number of carbonyl (C=O) groups is 1. The fraction of sp³-hybridized carbons (Fsp3) is 0.900. The minimum atomic E-state index is -0.486. The highest BCUT2D eigenvalue weighted by Gasteiger charge is 2.28. The Hall–Kier alpha value is -0.650. The lowest BCUT2D eigenvalue weighted by molar-refractivity contribution is -0.131. The molecule has 1 fully saturated rings. The average molecular weight is 215 g/mol. The summed E-state index contributed by atoms with van der Waals surface area (Å²) in [6.07, 6.45) is 0. The Kier molecular flexibility index (Phi) is 4.07. The molecule has 0 aromatic carbocycles. The highest BCUT2D eigenvalue weighted by molar-refractivity contribution is 5.81. The van der Waals surface area contributed by atoms with Crippen LogP contribution in [0, 0.1) is 5.41 Å². The minimum Gasteiger partial charge on any atom is -0.379 e. The number of nitrogens with zero attached hydrogens (tertiary/aromatic N) is 1. The van der Waals surface area contributed by atoms with Crippen molar-refractivity contribution in [3.8, 4) is 0 Å². The number of amides is 1. The van der Waals surface area contributed by atoms with Gasteiger partial charge in [0.15, 0.2) is 0 Å². The van der Waals surface area contributed by atoms with Gasteiger partial charge in [-0.05, 0) is 5.41 Å². The largest absolute Gasteiger partial charge is 0.379 e.